The molecule has 0 saturated carbocycles. The number of halogens is 1. The van der Waals surface area contributed by atoms with Crippen molar-refractivity contribution < 1.29 is 13.7 Å². The normalized spacial score (nSPS) is 16.9. The van der Waals surface area contributed by atoms with Gasteiger partial charge in [0.05, 0.1) is 18.6 Å². The maximum absolute atomic E-state index is 13.0. The largest absolute Gasteiger partial charge is 0.378 e. The Labute approximate surface area is 91.6 Å². The molecule has 0 aliphatic carbocycles. The van der Waals surface area contributed by atoms with Crippen molar-refractivity contribution in [2.75, 3.05) is 31.2 Å². The van der Waals surface area contributed by atoms with E-state index in [0.717, 1.165) is 24.3 Å². The Morgan fingerprint density at radius 1 is 1.25 bits per heavy atom. The molecule has 0 bridgehead atoms. The van der Waals surface area contributed by atoms with E-state index in [0.29, 0.717) is 18.8 Å². The minimum Gasteiger partial charge on any atom is -0.378 e. The molecule has 1 aromatic heterocycles. The van der Waals surface area contributed by atoms with E-state index >= 15 is 0 Å². The van der Waals surface area contributed by atoms with Crippen LogP contribution in [-0.4, -0.2) is 31.5 Å². The molecule has 1 aliphatic rings. The van der Waals surface area contributed by atoms with Gasteiger partial charge in [0, 0.05) is 19.2 Å². The highest BCUT2D eigenvalue weighted by Crippen LogP contribution is 2.26. The van der Waals surface area contributed by atoms with Gasteiger partial charge in [-0.25, -0.2) is 4.39 Å². The van der Waals surface area contributed by atoms with Gasteiger partial charge in [-0.3, -0.25) is 0 Å². The van der Waals surface area contributed by atoms with E-state index in [-0.39, 0.29) is 5.82 Å². The zero-order valence-electron chi connectivity index (χ0n) is 8.65. The number of rotatable bonds is 1. The van der Waals surface area contributed by atoms with E-state index in [4.69, 9.17) is 9.26 Å². The summed E-state index contributed by atoms with van der Waals surface area (Å²) in [6.07, 6.45) is 0. The zero-order valence-corrected chi connectivity index (χ0v) is 8.65. The van der Waals surface area contributed by atoms with Gasteiger partial charge in [-0.1, -0.05) is 5.16 Å². The van der Waals surface area contributed by atoms with E-state index in [9.17, 15) is 4.39 Å². The summed E-state index contributed by atoms with van der Waals surface area (Å²) in [6.45, 7) is 2.96. The maximum atomic E-state index is 13.0. The van der Waals surface area contributed by atoms with Crippen molar-refractivity contribution >= 4 is 16.8 Å². The highest BCUT2D eigenvalue weighted by atomic mass is 19.1. The molecule has 16 heavy (non-hydrogen) atoms. The van der Waals surface area contributed by atoms with Gasteiger partial charge in [0.15, 0.2) is 11.4 Å². The van der Waals surface area contributed by atoms with Crippen molar-refractivity contribution in [2.24, 2.45) is 0 Å². The quantitative estimate of drug-likeness (QED) is 0.737. The first-order valence-electron chi connectivity index (χ1n) is 5.22. The molecule has 1 aliphatic heterocycles. The monoisotopic (exact) mass is 222 g/mol. The average Bonchev–Trinajstić information content (AvgIpc) is 2.73. The van der Waals surface area contributed by atoms with Crippen LogP contribution in [0.4, 0.5) is 10.2 Å². The number of anilines is 1. The van der Waals surface area contributed by atoms with E-state index in [1.165, 1.54) is 12.1 Å². The minimum absolute atomic E-state index is 0.308. The Morgan fingerprint density at radius 3 is 2.88 bits per heavy atom. The third-order valence-electron chi connectivity index (χ3n) is 2.73. The third kappa shape index (κ3) is 1.53. The van der Waals surface area contributed by atoms with Crippen LogP contribution in [0.1, 0.15) is 0 Å². The van der Waals surface area contributed by atoms with Crippen LogP contribution in [0.5, 0.6) is 0 Å². The van der Waals surface area contributed by atoms with Gasteiger partial charge in [-0.2, -0.15) is 0 Å². The number of hydrogen-bond donors (Lipinski definition) is 0. The van der Waals surface area contributed by atoms with Gasteiger partial charge in [0.1, 0.15) is 5.82 Å². The van der Waals surface area contributed by atoms with Crippen LogP contribution < -0.4 is 4.90 Å². The van der Waals surface area contributed by atoms with Crippen molar-refractivity contribution in [2.45, 2.75) is 0 Å². The summed E-state index contributed by atoms with van der Waals surface area (Å²) in [5.74, 6) is 0.468. The van der Waals surface area contributed by atoms with Crippen molar-refractivity contribution in [1.29, 1.82) is 0 Å². The maximum Gasteiger partial charge on any atom is 0.180 e. The van der Waals surface area contributed by atoms with Crippen LogP contribution in [-0.2, 0) is 4.74 Å². The van der Waals surface area contributed by atoms with Crippen LogP contribution in [0.15, 0.2) is 22.7 Å². The first kappa shape index (κ1) is 9.59. The molecule has 0 amide bonds. The molecule has 0 radical (unpaired) electrons. The fourth-order valence-electron chi connectivity index (χ4n) is 1.90. The zero-order chi connectivity index (χ0) is 11.0. The lowest BCUT2D eigenvalue weighted by molar-refractivity contribution is 0.122. The number of ether oxygens (including phenoxy) is 1. The SMILES string of the molecule is Fc1ccc2c(N3CCOCC3)noc2c1. The van der Waals surface area contributed by atoms with E-state index in [1.54, 1.807) is 6.07 Å². The van der Waals surface area contributed by atoms with Crippen LogP contribution in [0.2, 0.25) is 0 Å². The standard InChI is InChI=1S/C11H11FN2O2/c12-8-1-2-9-10(7-8)16-13-11(9)14-3-5-15-6-4-14/h1-2,7H,3-6H2. The van der Waals surface area contributed by atoms with Gasteiger partial charge < -0.3 is 14.2 Å². The number of benzene rings is 1. The lowest BCUT2D eigenvalue weighted by atomic mass is 10.2. The summed E-state index contributed by atoms with van der Waals surface area (Å²) >= 11 is 0. The molecule has 84 valence electrons. The van der Waals surface area contributed by atoms with Crippen LogP contribution in [0, 0.1) is 5.82 Å². The van der Waals surface area contributed by atoms with E-state index < -0.39 is 0 Å². The van der Waals surface area contributed by atoms with Gasteiger partial charge >= 0.3 is 0 Å². The Morgan fingerprint density at radius 2 is 2.06 bits per heavy atom. The second-order valence-electron chi connectivity index (χ2n) is 3.75. The van der Waals surface area contributed by atoms with Crippen LogP contribution >= 0.6 is 0 Å². The second-order valence-corrected chi connectivity index (χ2v) is 3.75. The topological polar surface area (TPSA) is 38.5 Å². The summed E-state index contributed by atoms with van der Waals surface area (Å²) in [6, 6.07) is 4.47. The first-order valence-corrected chi connectivity index (χ1v) is 5.22. The van der Waals surface area contributed by atoms with Gasteiger partial charge in [0.2, 0.25) is 0 Å². The number of nitrogens with zero attached hydrogens (tertiary/aromatic N) is 2. The molecule has 0 atom stereocenters. The number of hydrogen-bond acceptors (Lipinski definition) is 4. The predicted molar refractivity (Wildman–Crippen MR) is 57.0 cm³/mol. The molecule has 5 heteroatoms. The molecule has 0 N–H and O–H groups in total. The molecule has 1 aromatic carbocycles. The number of morpholine rings is 1. The van der Waals surface area contributed by atoms with E-state index in [1.807, 2.05) is 0 Å². The highest BCUT2D eigenvalue weighted by Gasteiger charge is 2.18. The third-order valence-corrected chi connectivity index (χ3v) is 2.73. The Kier molecular flexibility index (Phi) is 2.25. The van der Waals surface area contributed by atoms with E-state index in [2.05, 4.69) is 10.1 Å². The molecule has 1 fully saturated rings. The molecule has 3 rings (SSSR count). The summed E-state index contributed by atoms with van der Waals surface area (Å²) in [4.78, 5) is 2.09. The predicted octanol–water partition coefficient (Wildman–Crippen LogP) is 1.80. The lowest BCUT2D eigenvalue weighted by Crippen LogP contribution is -2.36. The molecule has 0 unspecified atom stereocenters. The Hall–Kier alpha value is -1.62. The first-order chi connectivity index (χ1) is 7.84. The fraction of sp³-hybridized carbons (Fsp3) is 0.364. The average molecular weight is 222 g/mol. The molecule has 0 spiro atoms. The Bertz CT molecular complexity index is 506. The fourth-order valence-corrected chi connectivity index (χ4v) is 1.90. The van der Waals surface area contributed by atoms with Gasteiger partial charge in [-0.05, 0) is 12.1 Å². The summed E-state index contributed by atoms with van der Waals surface area (Å²) < 4.78 is 23.3. The summed E-state index contributed by atoms with van der Waals surface area (Å²) in [5.41, 5.74) is 0.487. The smallest absolute Gasteiger partial charge is 0.180 e. The highest BCUT2D eigenvalue weighted by molar-refractivity contribution is 5.88. The molecule has 1 saturated heterocycles. The van der Waals surface area contributed by atoms with Crippen molar-refractivity contribution in [3.63, 3.8) is 0 Å². The van der Waals surface area contributed by atoms with Crippen molar-refractivity contribution in [1.82, 2.24) is 5.16 Å². The summed E-state index contributed by atoms with van der Waals surface area (Å²) in [7, 11) is 0. The molecule has 4 nitrogen and oxygen atoms in total. The molecule has 2 heterocycles. The van der Waals surface area contributed by atoms with Crippen molar-refractivity contribution in [3.05, 3.63) is 24.0 Å². The second kappa shape index (κ2) is 3.75. The van der Waals surface area contributed by atoms with Gasteiger partial charge in [-0.15, -0.1) is 0 Å². The molecular weight excluding hydrogens is 211 g/mol. The molecular formula is C11H11FN2O2. The number of fused-ring (bicyclic) bond motifs is 1. The van der Waals surface area contributed by atoms with Crippen LogP contribution in [0.3, 0.4) is 0 Å². The Balaban J connectivity index is 2.03. The van der Waals surface area contributed by atoms with Crippen molar-refractivity contribution in [3.8, 4) is 0 Å². The van der Waals surface area contributed by atoms with Gasteiger partial charge in [0.25, 0.3) is 0 Å². The lowest BCUT2D eigenvalue weighted by Gasteiger charge is -2.26. The summed E-state index contributed by atoms with van der Waals surface area (Å²) in [5, 5.41) is 4.84. The molecule has 2 aromatic rings. The number of aromatic nitrogens is 1. The minimum atomic E-state index is -0.308. The van der Waals surface area contributed by atoms with Crippen LogP contribution in [0.25, 0.3) is 11.0 Å².